The number of carbonyl (C=O) groups is 1. The second-order valence-electron chi connectivity index (χ2n) is 7.11. The van der Waals surface area contributed by atoms with E-state index in [0.717, 1.165) is 37.9 Å². The lowest BCUT2D eigenvalue weighted by Crippen LogP contribution is -2.34. The second kappa shape index (κ2) is 8.86. The first-order chi connectivity index (χ1) is 12.6. The molecular formula is C22H28N2O2. The zero-order valence-electron chi connectivity index (χ0n) is 15.7. The molecule has 1 aliphatic rings. The highest BCUT2D eigenvalue weighted by atomic mass is 16.5. The summed E-state index contributed by atoms with van der Waals surface area (Å²) in [6, 6.07) is 18.2. The van der Waals surface area contributed by atoms with Gasteiger partial charge in [-0.05, 0) is 51.1 Å². The molecule has 1 amide bonds. The van der Waals surface area contributed by atoms with E-state index in [4.69, 9.17) is 4.74 Å². The first-order valence-corrected chi connectivity index (χ1v) is 9.36. The van der Waals surface area contributed by atoms with E-state index in [1.807, 2.05) is 59.5 Å². The highest BCUT2D eigenvalue weighted by molar-refractivity contribution is 5.97. The normalized spacial score (nSPS) is 17.8. The summed E-state index contributed by atoms with van der Waals surface area (Å²) in [5.41, 5.74) is 1.75. The second-order valence-corrected chi connectivity index (χ2v) is 7.11. The Morgan fingerprint density at radius 1 is 1.04 bits per heavy atom. The minimum absolute atomic E-state index is 0.0769. The lowest BCUT2D eigenvalue weighted by molar-refractivity contribution is 0.0753. The number of hydrogen-bond donors (Lipinski definition) is 0. The van der Waals surface area contributed by atoms with Crippen LogP contribution in [-0.4, -0.2) is 48.9 Å². The van der Waals surface area contributed by atoms with Gasteiger partial charge in [-0.2, -0.15) is 0 Å². The van der Waals surface area contributed by atoms with Gasteiger partial charge < -0.3 is 14.5 Å². The Balaban J connectivity index is 1.69. The molecule has 4 heteroatoms. The predicted octanol–water partition coefficient (Wildman–Crippen LogP) is 3.82. The van der Waals surface area contributed by atoms with Gasteiger partial charge in [0.25, 0.3) is 5.91 Å². The van der Waals surface area contributed by atoms with Gasteiger partial charge in [0.05, 0.1) is 5.56 Å². The smallest absolute Gasteiger partial charge is 0.257 e. The fourth-order valence-corrected chi connectivity index (χ4v) is 3.47. The van der Waals surface area contributed by atoms with Gasteiger partial charge in [-0.25, -0.2) is 0 Å². The van der Waals surface area contributed by atoms with Crippen LogP contribution in [-0.2, 0) is 6.61 Å². The van der Waals surface area contributed by atoms with Crippen LogP contribution in [0.3, 0.4) is 0 Å². The number of carbonyl (C=O) groups excluding carboxylic acids is 1. The molecule has 26 heavy (non-hydrogen) atoms. The first kappa shape index (κ1) is 18.5. The van der Waals surface area contributed by atoms with E-state index >= 15 is 0 Å². The molecule has 1 aliphatic heterocycles. The highest BCUT2D eigenvalue weighted by Crippen LogP contribution is 2.23. The van der Waals surface area contributed by atoms with Crippen molar-refractivity contribution >= 4 is 5.91 Å². The molecule has 3 rings (SSSR count). The molecule has 0 N–H and O–H groups in total. The van der Waals surface area contributed by atoms with Gasteiger partial charge in [0.1, 0.15) is 12.4 Å². The van der Waals surface area contributed by atoms with Crippen LogP contribution in [0, 0.1) is 0 Å². The average Bonchev–Trinajstić information content (AvgIpc) is 2.93. The number of nitrogens with zero attached hydrogens (tertiary/aromatic N) is 2. The lowest BCUT2D eigenvalue weighted by atomic mass is 10.1. The summed E-state index contributed by atoms with van der Waals surface area (Å²) in [7, 11) is 4.24. The molecule has 1 saturated heterocycles. The van der Waals surface area contributed by atoms with Gasteiger partial charge in [0.2, 0.25) is 0 Å². The fraction of sp³-hybridized carbons (Fsp3) is 0.409. The number of hydrogen-bond acceptors (Lipinski definition) is 3. The van der Waals surface area contributed by atoms with Gasteiger partial charge in [-0.3, -0.25) is 4.79 Å². The maximum absolute atomic E-state index is 13.1. The monoisotopic (exact) mass is 352 g/mol. The Labute approximate surface area is 156 Å². The molecule has 138 valence electrons. The van der Waals surface area contributed by atoms with Crippen molar-refractivity contribution in [1.82, 2.24) is 9.80 Å². The Bertz CT molecular complexity index is 715. The van der Waals surface area contributed by atoms with E-state index in [1.165, 1.54) is 0 Å². The Hall–Kier alpha value is -2.33. The van der Waals surface area contributed by atoms with E-state index in [-0.39, 0.29) is 5.91 Å². The molecule has 2 aromatic rings. The van der Waals surface area contributed by atoms with Crippen molar-refractivity contribution in [3.63, 3.8) is 0 Å². The van der Waals surface area contributed by atoms with Crippen LogP contribution in [0.4, 0.5) is 0 Å². The fourth-order valence-electron chi connectivity index (χ4n) is 3.47. The van der Waals surface area contributed by atoms with Crippen LogP contribution >= 0.6 is 0 Å². The van der Waals surface area contributed by atoms with Gasteiger partial charge >= 0.3 is 0 Å². The maximum atomic E-state index is 13.1. The van der Waals surface area contributed by atoms with Crippen molar-refractivity contribution < 1.29 is 9.53 Å². The molecule has 4 nitrogen and oxygen atoms in total. The minimum Gasteiger partial charge on any atom is -0.488 e. The molecule has 1 heterocycles. The van der Waals surface area contributed by atoms with E-state index < -0.39 is 0 Å². The third-order valence-corrected chi connectivity index (χ3v) is 5.07. The molecule has 0 saturated carbocycles. The Morgan fingerprint density at radius 2 is 1.77 bits per heavy atom. The molecule has 1 atom stereocenters. The van der Waals surface area contributed by atoms with Crippen molar-refractivity contribution in [3.8, 4) is 5.75 Å². The van der Waals surface area contributed by atoms with E-state index in [1.54, 1.807) is 0 Å². The van der Waals surface area contributed by atoms with Crippen molar-refractivity contribution in [1.29, 1.82) is 0 Å². The molecule has 2 aromatic carbocycles. The first-order valence-electron chi connectivity index (χ1n) is 9.36. The number of ether oxygens (including phenoxy) is 1. The predicted molar refractivity (Wildman–Crippen MR) is 104 cm³/mol. The molecular weight excluding hydrogens is 324 g/mol. The summed E-state index contributed by atoms with van der Waals surface area (Å²) >= 11 is 0. The topological polar surface area (TPSA) is 32.8 Å². The molecule has 0 aliphatic carbocycles. The molecule has 1 fully saturated rings. The van der Waals surface area contributed by atoms with Crippen molar-refractivity contribution in [2.45, 2.75) is 31.9 Å². The number of para-hydroxylation sites is 1. The number of rotatable bonds is 5. The summed E-state index contributed by atoms with van der Waals surface area (Å²) in [5, 5.41) is 0. The van der Waals surface area contributed by atoms with E-state index in [9.17, 15) is 4.79 Å². The summed E-state index contributed by atoms with van der Waals surface area (Å²) in [5.74, 6) is 0.739. The third-order valence-electron chi connectivity index (χ3n) is 5.07. The molecule has 0 bridgehead atoms. The SMILES string of the molecule is CN(C)[C@@H]1CCCN(C(=O)c2ccccc2OCc2ccccc2)CC1. The van der Waals surface area contributed by atoms with Crippen molar-refractivity contribution in [3.05, 3.63) is 65.7 Å². The van der Waals surface area contributed by atoms with E-state index in [0.29, 0.717) is 24.0 Å². The zero-order chi connectivity index (χ0) is 18.4. The van der Waals surface area contributed by atoms with Crippen LogP contribution < -0.4 is 4.74 Å². The molecule has 0 aromatic heterocycles. The summed E-state index contributed by atoms with van der Waals surface area (Å²) in [6.07, 6.45) is 3.20. The van der Waals surface area contributed by atoms with Gasteiger partial charge in [-0.1, -0.05) is 42.5 Å². The average molecular weight is 352 g/mol. The van der Waals surface area contributed by atoms with E-state index in [2.05, 4.69) is 19.0 Å². The summed E-state index contributed by atoms with van der Waals surface area (Å²) in [4.78, 5) is 17.3. The van der Waals surface area contributed by atoms with Crippen molar-refractivity contribution in [2.24, 2.45) is 0 Å². The third kappa shape index (κ3) is 4.64. The largest absolute Gasteiger partial charge is 0.488 e. The summed E-state index contributed by atoms with van der Waals surface area (Å²) < 4.78 is 5.97. The molecule has 0 radical (unpaired) electrons. The number of benzene rings is 2. The molecule has 0 spiro atoms. The van der Waals surface area contributed by atoms with Crippen LogP contribution in [0.1, 0.15) is 35.2 Å². The minimum atomic E-state index is 0.0769. The maximum Gasteiger partial charge on any atom is 0.257 e. The van der Waals surface area contributed by atoms with Crippen LogP contribution in [0.25, 0.3) is 0 Å². The highest BCUT2D eigenvalue weighted by Gasteiger charge is 2.24. The quantitative estimate of drug-likeness (QED) is 0.820. The van der Waals surface area contributed by atoms with Gasteiger partial charge in [0, 0.05) is 19.1 Å². The van der Waals surface area contributed by atoms with Crippen molar-refractivity contribution in [2.75, 3.05) is 27.2 Å². The van der Waals surface area contributed by atoms with Crippen LogP contribution in [0.2, 0.25) is 0 Å². The Kier molecular flexibility index (Phi) is 6.29. The number of likely N-dealkylation sites (tertiary alicyclic amines) is 1. The Morgan fingerprint density at radius 3 is 2.54 bits per heavy atom. The van der Waals surface area contributed by atoms with Crippen LogP contribution in [0.15, 0.2) is 54.6 Å². The van der Waals surface area contributed by atoms with Crippen LogP contribution in [0.5, 0.6) is 5.75 Å². The van der Waals surface area contributed by atoms with Gasteiger partial charge in [-0.15, -0.1) is 0 Å². The standard InChI is InChI=1S/C22H28N2O2/c1-23(2)19-11-8-15-24(16-14-19)22(25)20-12-6-7-13-21(20)26-17-18-9-4-3-5-10-18/h3-7,9-10,12-13,19H,8,11,14-17H2,1-2H3/t19-/m1/s1. The zero-order valence-corrected chi connectivity index (χ0v) is 15.7. The summed E-state index contributed by atoms with van der Waals surface area (Å²) in [6.45, 7) is 2.08. The molecule has 0 unspecified atom stereocenters. The lowest BCUT2D eigenvalue weighted by Gasteiger charge is -2.24. The van der Waals surface area contributed by atoms with Gasteiger partial charge in [0.15, 0.2) is 0 Å². The number of amides is 1.